The standard InChI is InChI=1S/C24H21N5OS/c1-24(17-9-3-2-4-10-17,15-22-26-18-11-5-6-12-19(18)31-22)23(30)25-16-21-28-27-20-13-7-8-14-29(20)21/h2-14H,15-16H2,1H3,(H,25,30)/t24-/m0/s1. The van der Waals surface area contributed by atoms with Crippen molar-refractivity contribution in [1.82, 2.24) is 24.9 Å². The van der Waals surface area contributed by atoms with Crippen LogP contribution in [0.2, 0.25) is 0 Å². The Hall–Kier alpha value is -3.58. The lowest BCUT2D eigenvalue weighted by atomic mass is 9.78. The Bertz CT molecular complexity index is 1330. The van der Waals surface area contributed by atoms with Gasteiger partial charge in [0.2, 0.25) is 5.91 Å². The first-order chi connectivity index (χ1) is 15.1. The maximum atomic E-state index is 13.5. The number of nitrogens with zero attached hydrogens (tertiary/aromatic N) is 4. The second-order valence-electron chi connectivity index (χ2n) is 7.68. The molecule has 1 amide bonds. The van der Waals surface area contributed by atoms with Crippen LogP contribution in [0.5, 0.6) is 0 Å². The van der Waals surface area contributed by atoms with Crippen LogP contribution in [0.15, 0.2) is 79.0 Å². The van der Waals surface area contributed by atoms with E-state index in [4.69, 9.17) is 4.98 Å². The van der Waals surface area contributed by atoms with Crippen LogP contribution in [-0.4, -0.2) is 25.5 Å². The Labute approximate surface area is 183 Å². The van der Waals surface area contributed by atoms with Crippen LogP contribution >= 0.6 is 11.3 Å². The number of rotatable bonds is 6. The zero-order valence-corrected chi connectivity index (χ0v) is 17.8. The molecule has 5 aromatic rings. The lowest BCUT2D eigenvalue weighted by Crippen LogP contribution is -2.43. The molecule has 6 nitrogen and oxygen atoms in total. The molecule has 0 saturated carbocycles. The van der Waals surface area contributed by atoms with Gasteiger partial charge in [0.15, 0.2) is 11.5 Å². The highest BCUT2D eigenvalue weighted by Crippen LogP contribution is 2.32. The van der Waals surface area contributed by atoms with Crippen LogP contribution in [0.1, 0.15) is 23.3 Å². The number of carbonyl (C=O) groups is 1. The number of thiazole rings is 1. The second-order valence-corrected chi connectivity index (χ2v) is 8.79. The number of hydrogen-bond acceptors (Lipinski definition) is 5. The van der Waals surface area contributed by atoms with Crippen molar-refractivity contribution in [3.63, 3.8) is 0 Å². The maximum Gasteiger partial charge on any atom is 0.231 e. The summed E-state index contributed by atoms with van der Waals surface area (Å²) in [5.41, 5.74) is 1.91. The summed E-state index contributed by atoms with van der Waals surface area (Å²) < 4.78 is 3.01. The van der Waals surface area contributed by atoms with Gasteiger partial charge in [-0.2, -0.15) is 0 Å². The third-order valence-corrected chi connectivity index (χ3v) is 6.58. The van der Waals surface area contributed by atoms with Gasteiger partial charge in [-0.1, -0.05) is 48.5 Å². The molecular weight excluding hydrogens is 406 g/mol. The molecule has 7 heteroatoms. The van der Waals surface area contributed by atoms with E-state index in [9.17, 15) is 4.79 Å². The first-order valence-electron chi connectivity index (χ1n) is 10.1. The van der Waals surface area contributed by atoms with E-state index in [1.165, 1.54) is 0 Å². The molecule has 0 radical (unpaired) electrons. The summed E-state index contributed by atoms with van der Waals surface area (Å²) in [7, 11) is 0. The van der Waals surface area contributed by atoms with Crippen molar-refractivity contribution in [2.75, 3.05) is 0 Å². The molecule has 0 saturated heterocycles. The minimum Gasteiger partial charge on any atom is -0.348 e. The van der Waals surface area contributed by atoms with Crippen LogP contribution in [0, 0.1) is 0 Å². The van der Waals surface area contributed by atoms with Crippen LogP contribution in [-0.2, 0) is 23.2 Å². The molecule has 0 fully saturated rings. The smallest absolute Gasteiger partial charge is 0.231 e. The Kier molecular flexibility index (Phi) is 4.95. The molecular formula is C24H21N5OS. The van der Waals surface area contributed by atoms with Crippen molar-refractivity contribution >= 4 is 33.1 Å². The quantitative estimate of drug-likeness (QED) is 0.442. The monoisotopic (exact) mass is 427 g/mol. The number of amides is 1. The third kappa shape index (κ3) is 3.68. The fraction of sp³-hybridized carbons (Fsp3) is 0.167. The van der Waals surface area contributed by atoms with Crippen LogP contribution < -0.4 is 5.32 Å². The second kappa shape index (κ2) is 7.92. The molecule has 5 rings (SSSR count). The average Bonchev–Trinajstić information content (AvgIpc) is 3.41. The molecule has 1 N–H and O–H groups in total. The van der Waals surface area contributed by atoms with E-state index >= 15 is 0 Å². The fourth-order valence-electron chi connectivity index (χ4n) is 3.78. The summed E-state index contributed by atoms with van der Waals surface area (Å²) in [5.74, 6) is 0.630. The molecule has 0 unspecified atom stereocenters. The van der Waals surface area contributed by atoms with Gasteiger partial charge < -0.3 is 5.32 Å². The van der Waals surface area contributed by atoms with Crippen molar-refractivity contribution in [3.05, 3.63) is 95.4 Å². The van der Waals surface area contributed by atoms with E-state index in [2.05, 4.69) is 21.6 Å². The summed E-state index contributed by atoms with van der Waals surface area (Å²) >= 11 is 1.64. The SMILES string of the molecule is C[C@@](Cc1nc2ccccc2s1)(C(=O)NCc1nnc2ccccn12)c1ccccc1. The highest BCUT2D eigenvalue weighted by molar-refractivity contribution is 7.18. The third-order valence-electron chi connectivity index (χ3n) is 5.55. The molecule has 0 aliphatic rings. The Balaban J connectivity index is 1.44. The number of pyridine rings is 1. The molecule has 31 heavy (non-hydrogen) atoms. The largest absolute Gasteiger partial charge is 0.348 e. The van der Waals surface area contributed by atoms with Gasteiger partial charge in [-0.05, 0) is 36.8 Å². The van der Waals surface area contributed by atoms with Gasteiger partial charge in [0.25, 0.3) is 0 Å². The van der Waals surface area contributed by atoms with Crippen LogP contribution in [0.3, 0.4) is 0 Å². The molecule has 0 bridgehead atoms. The summed E-state index contributed by atoms with van der Waals surface area (Å²) in [6, 6.07) is 23.7. The predicted molar refractivity (Wildman–Crippen MR) is 122 cm³/mol. The highest BCUT2D eigenvalue weighted by Gasteiger charge is 2.36. The van der Waals surface area contributed by atoms with Gasteiger partial charge in [0.1, 0.15) is 0 Å². The molecule has 1 atom stereocenters. The highest BCUT2D eigenvalue weighted by atomic mass is 32.1. The molecule has 2 aromatic carbocycles. The summed E-state index contributed by atoms with van der Waals surface area (Å²) in [5, 5.41) is 12.4. The Morgan fingerprint density at radius 1 is 1.00 bits per heavy atom. The number of carbonyl (C=O) groups excluding carboxylic acids is 1. The van der Waals surface area contributed by atoms with Crippen molar-refractivity contribution in [2.24, 2.45) is 0 Å². The van der Waals surface area contributed by atoms with E-state index < -0.39 is 5.41 Å². The molecule has 154 valence electrons. The first-order valence-corrected chi connectivity index (χ1v) is 10.9. The van der Waals surface area contributed by atoms with Gasteiger partial charge in [0, 0.05) is 12.6 Å². The molecule has 3 aromatic heterocycles. The van der Waals surface area contributed by atoms with E-state index in [-0.39, 0.29) is 5.91 Å². The molecule has 0 aliphatic carbocycles. The maximum absolute atomic E-state index is 13.5. The number of nitrogens with one attached hydrogen (secondary N) is 1. The number of benzene rings is 2. The Morgan fingerprint density at radius 3 is 2.61 bits per heavy atom. The normalized spacial score (nSPS) is 13.3. The van der Waals surface area contributed by atoms with E-state index in [0.29, 0.717) is 18.8 Å². The zero-order valence-electron chi connectivity index (χ0n) is 17.0. The van der Waals surface area contributed by atoms with Gasteiger partial charge >= 0.3 is 0 Å². The molecule has 0 spiro atoms. The number of aromatic nitrogens is 4. The minimum atomic E-state index is -0.768. The first kappa shape index (κ1) is 19.4. The van der Waals surface area contributed by atoms with E-state index in [1.807, 2.05) is 84.3 Å². The van der Waals surface area contributed by atoms with Gasteiger partial charge in [-0.15, -0.1) is 21.5 Å². The molecule has 0 aliphatic heterocycles. The topological polar surface area (TPSA) is 72.2 Å². The molecule has 3 heterocycles. The van der Waals surface area contributed by atoms with E-state index in [0.717, 1.165) is 26.4 Å². The van der Waals surface area contributed by atoms with Crippen LogP contribution in [0.25, 0.3) is 15.9 Å². The van der Waals surface area contributed by atoms with Crippen molar-refractivity contribution in [2.45, 2.75) is 25.3 Å². The van der Waals surface area contributed by atoms with Gasteiger partial charge in [-0.3, -0.25) is 9.20 Å². The zero-order chi connectivity index (χ0) is 21.3. The number of hydrogen-bond donors (Lipinski definition) is 1. The van der Waals surface area contributed by atoms with Crippen molar-refractivity contribution < 1.29 is 4.79 Å². The van der Waals surface area contributed by atoms with Crippen molar-refractivity contribution in [3.8, 4) is 0 Å². The Morgan fingerprint density at radius 2 is 1.77 bits per heavy atom. The van der Waals surface area contributed by atoms with Gasteiger partial charge in [0.05, 0.1) is 27.2 Å². The summed E-state index contributed by atoms with van der Waals surface area (Å²) in [6.45, 7) is 2.28. The minimum absolute atomic E-state index is 0.0642. The van der Waals surface area contributed by atoms with Gasteiger partial charge in [-0.25, -0.2) is 4.98 Å². The fourth-order valence-corrected chi connectivity index (χ4v) is 4.91. The summed E-state index contributed by atoms with van der Waals surface area (Å²) in [6.07, 6.45) is 2.41. The van der Waals surface area contributed by atoms with Crippen LogP contribution in [0.4, 0.5) is 0 Å². The number of para-hydroxylation sites is 1. The lowest BCUT2D eigenvalue weighted by Gasteiger charge is -2.28. The number of fused-ring (bicyclic) bond motifs is 2. The van der Waals surface area contributed by atoms with E-state index in [1.54, 1.807) is 11.3 Å². The predicted octanol–water partition coefficient (Wildman–Crippen LogP) is 4.16. The van der Waals surface area contributed by atoms with Crippen molar-refractivity contribution in [1.29, 1.82) is 0 Å². The average molecular weight is 428 g/mol. The summed E-state index contributed by atoms with van der Waals surface area (Å²) in [4.78, 5) is 18.3. The lowest BCUT2D eigenvalue weighted by molar-refractivity contribution is -0.126.